The Balaban J connectivity index is 1.66. The molecule has 0 aliphatic heterocycles. The van der Waals surface area contributed by atoms with Gasteiger partial charge in [-0.1, -0.05) is 48.0 Å². The number of methoxy groups -OCH3 is 1. The number of para-hydroxylation sites is 3. The molecule has 5 nitrogen and oxygen atoms in total. The number of hydrogen-bond acceptors (Lipinski definition) is 4. The van der Waals surface area contributed by atoms with Gasteiger partial charge in [-0.3, -0.25) is 4.79 Å². The SMILES string of the molecule is C=CCc1ccc(OCC(=O)Nc2ccccc2Oc2ccccc2Cl)c(OC)c1. The highest BCUT2D eigenvalue weighted by Gasteiger charge is 2.12. The number of ether oxygens (including phenoxy) is 3. The van der Waals surface area contributed by atoms with Gasteiger partial charge in [0.2, 0.25) is 0 Å². The number of rotatable bonds is 9. The summed E-state index contributed by atoms with van der Waals surface area (Å²) in [5, 5.41) is 3.28. The normalized spacial score (nSPS) is 10.2. The van der Waals surface area contributed by atoms with E-state index < -0.39 is 0 Å². The minimum Gasteiger partial charge on any atom is -0.493 e. The molecule has 3 aromatic rings. The summed E-state index contributed by atoms with van der Waals surface area (Å²) >= 11 is 6.16. The average molecular weight is 424 g/mol. The maximum Gasteiger partial charge on any atom is 0.262 e. The Kier molecular flexibility index (Phi) is 7.35. The molecule has 0 spiro atoms. The van der Waals surface area contributed by atoms with Crippen molar-refractivity contribution in [1.29, 1.82) is 0 Å². The van der Waals surface area contributed by atoms with Gasteiger partial charge in [0.15, 0.2) is 23.9 Å². The molecule has 0 fully saturated rings. The Morgan fingerprint density at radius 1 is 1.00 bits per heavy atom. The first-order valence-electron chi connectivity index (χ1n) is 9.32. The van der Waals surface area contributed by atoms with Crippen LogP contribution in [-0.2, 0) is 11.2 Å². The van der Waals surface area contributed by atoms with Gasteiger partial charge < -0.3 is 19.5 Å². The minimum atomic E-state index is -0.331. The topological polar surface area (TPSA) is 56.8 Å². The second kappa shape index (κ2) is 10.4. The highest BCUT2D eigenvalue weighted by Crippen LogP contribution is 2.33. The molecule has 0 bridgehead atoms. The lowest BCUT2D eigenvalue weighted by atomic mass is 10.1. The third kappa shape index (κ3) is 5.55. The summed E-state index contributed by atoms with van der Waals surface area (Å²) in [4.78, 5) is 12.5. The molecule has 0 radical (unpaired) electrons. The fourth-order valence-electron chi connectivity index (χ4n) is 2.76. The van der Waals surface area contributed by atoms with Crippen molar-refractivity contribution in [3.63, 3.8) is 0 Å². The third-order valence-electron chi connectivity index (χ3n) is 4.18. The molecule has 0 heterocycles. The molecule has 0 unspecified atom stereocenters. The van der Waals surface area contributed by atoms with Crippen LogP contribution >= 0.6 is 11.6 Å². The standard InChI is InChI=1S/C24H22ClNO4/c1-3-8-17-13-14-22(23(15-17)28-2)29-16-24(27)26-19-10-5-7-12-21(19)30-20-11-6-4-9-18(20)25/h3-7,9-15H,1,8,16H2,2H3,(H,26,27). The molecule has 0 saturated heterocycles. The molecule has 0 saturated carbocycles. The van der Waals surface area contributed by atoms with Gasteiger partial charge in [0.1, 0.15) is 5.75 Å². The van der Waals surface area contributed by atoms with Crippen LogP contribution in [0.5, 0.6) is 23.0 Å². The van der Waals surface area contributed by atoms with Crippen molar-refractivity contribution in [3.8, 4) is 23.0 Å². The molecule has 1 amide bonds. The average Bonchev–Trinajstić information content (AvgIpc) is 2.76. The van der Waals surface area contributed by atoms with Crippen molar-refractivity contribution in [2.45, 2.75) is 6.42 Å². The molecule has 0 aromatic heterocycles. The predicted octanol–water partition coefficient (Wildman–Crippen LogP) is 5.89. The summed E-state index contributed by atoms with van der Waals surface area (Å²) in [6, 6.07) is 19.8. The van der Waals surface area contributed by atoms with Crippen LogP contribution in [0, 0.1) is 0 Å². The summed E-state index contributed by atoms with van der Waals surface area (Å²) in [6.45, 7) is 3.55. The van der Waals surface area contributed by atoms with Crippen molar-refractivity contribution in [2.75, 3.05) is 19.0 Å². The van der Waals surface area contributed by atoms with Gasteiger partial charge >= 0.3 is 0 Å². The molecule has 30 heavy (non-hydrogen) atoms. The largest absolute Gasteiger partial charge is 0.493 e. The van der Waals surface area contributed by atoms with Crippen molar-refractivity contribution in [3.05, 3.63) is 90.0 Å². The lowest BCUT2D eigenvalue weighted by Crippen LogP contribution is -2.20. The predicted molar refractivity (Wildman–Crippen MR) is 119 cm³/mol. The van der Waals surface area contributed by atoms with E-state index in [1.807, 2.05) is 36.4 Å². The first-order chi connectivity index (χ1) is 14.6. The minimum absolute atomic E-state index is 0.183. The van der Waals surface area contributed by atoms with Crippen LogP contribution < -0.4 is 19.5 Å². The molecule has 3 aromatic carbocycles. The van der Waals surface area contributed by atoms with Crippen LogP contribution in [0.4, 0.5) is 5.69 Å². The molecule has 6 heteroatoms. The van der Waals surface area contributed by atoms with E-state index in [1.54, 1.807) is 43.5 Å². The highest BCUT2D eigenvalue weighted by atomic mass is 35.5. The molecular weight excluding hydrogens is 402 g/mol. The quantitative estimate of drug-likeness (QED) is 0.436. The van der Waals surface area contributed by atoms with Crippen LogP contribution in [0.1, 0.15) is 5.56 Å². The first-order valence-corrected chi connectivity index (χ1v) is 9.70. The van der Waals surface area contributed by atoms with Gasteiger partial charge in [-0.05, 0) is 48.4 Å². The highest BCUT2D eigenvalue weighted by molar-refractivity contribution is 6.32. The van der Waals surface area contributed by atoms with E-state index in [9.17, 15) is 4.79 Å². The van der Waals surface area contributed by atoms with Gasteiger partial charge in [-0.15, -0.1) is 6.58 Å². The van der Waals surface area contributed by atoms with Crippen LogP contribution in [0.2, 0.25) is 5.02 Å². The Morgan fingerprint density at radius 3 is 2.47 bits per heavy atom. The summed E-state index contributed by atoms with van der Waals surface area (Å²) in [6.07, 6.45) is 2.53. The monoisotopic (exact) mass is 423 g/mol. The van der Waals surface area contributed by atoms with Crippen molar-refractivity contribution >= 4 is 23.2 Å². The second-order valence-corrected chi connectivity index (χ2v) is 6.75. The number of amides is 1. The summed E-state index contributed by atoms with van der Waals surface area (Å²) in [7, 11) is 1.56. The zero-order chi connectivity index (χ0) is 21.3. The maximum atomic E-state index is 12.5. The first kappa shape index (κ1) is 21.3. The van der Waals surface area contributed by atoms with E-state index in [-0.39, 0.29) is 12.5 Å². The van der Waals surface area contributed by atoms with Crippen LogP contribution in [0.3, 0.4) is 0 Å². The van der Waals surface area contributed by atoms with Crippen molar-refractivity contribution in [1.82, 2.24) is 0 Å². The van der Waals surface area contributed by atoms with Gasteiger partial charge in [0, 0.05) is 0 Å². The van der Waals surface area contributed by atoms with Crippen molar-refractivity contribution < 1.29 is 19.0 Å². The number of halogens is 1. The maximum absolute atomic E-state index is 12.5. The molecule has 1 N–H and O–H groups in total. The molecule has 154 valence electrons. The van der Waals surface area contributed by atoms with Gasteiger partial charge in [-0.2, -0.15) is 0 Å². The summed E-state index contributed by atoms with van der Waals surface area (Å²) in [5.74, 6) is 1.69. The van der Waals surface area contributed by atoms with Gasteiger partial charge in [-0.25, -0.2) is 0 Å². The molecule has 0 aliphatic carbocycles. The van der Waals surface area contributed by atoms with Crippen molar-refractivity contribution in [2.24, 2.45) is 0 Å². The fourth-order valence-corrected chi connectivity index (χ4v) is 2.93. The Morgan fingerprint density at radius 2 is 1.73 bits per heavy atom. The number of carbonyl (C=O) groups is 1. The van der Waals surface area contributed by atoms with E-state index >= 15 is 0 Å². The van der Waals surface area contributed by atoms with E-state index in [1.165, 1.54) is 0 Å². The number of allylic oxidation sites excluding steroid dienone is 1. The number of nitrogens with one attached hydrogen (secondary N) is 1. The lowest BCUT2D eigenvalue weighted by Gasteiger charge is -2.14. The number of benzene rings is 3. The summed E-state index contributed by atoms with van der Waals surface area (Å²) in [5.41, 5.74) is 1.56. The zero-order valence-corrected chi connectivity index (χ0v) is 17.3. The number of hydrogen-bond donors (Lipinski definition) is 1. The second-order valence-electron chi connectivity index (χ2n) is 6.34. The number of anilines is 1. The zero-order valence-electron chi connectivity index (χ0n) is 16.6. The molecule has 0 aliphatic rings. The van der Waals surface area contributed by atoms with Gasteiger partial charge in [0.05, 0.1) is 17.8 Å². The fraction of sp³-hybridized carbons (Fsp3) is 0.125. The smallest absolute Gasteiger partial charge is 0.262 e. The Bertz CT molecular complexity index is 1040. The van der Waals surface area contributed by atoms with Crippen LogP contribution in [-0.4, -0.2) is 19.6 Å². The molecule has 0 atom stereocenters. The summed E-state index contributed by atoms with van der Waals surface area (Å²) < 4.78 is 16.9. The molecular formula is C24H22ClNO4. The van der Waals surface area contributed by atoms with Crippen LogP contribution in [0.25, 0.3) is 0 Å². The number of carbonyl (C=O) groups excluding carboxylic acids is 1. The Hall–Kier alpha value is -3.44. The van der Waals surface area contributed by atoms with Gasteiger partial charge in [0.25, 0.3) is 5.91 Å². The Labute approximate surface area is 180 Å². The van der Waals surface area contributed by atoms with E-state index in [4.69, 9.17) is 25.8 Å². The third-order valence-corrected chi connectivity index (χ3v) is 4.50. The lowest BCUT2D eigenvalue weighted by molar-refractivity contribution is -0.118. The van der Waals surface area contributed by atoms with E-state index in [0.29, 0.717) is 33.7 Å². The van der Waals surface area contributed by atoms with E-state index in [2.05, 4.69) is 11.9 Å². The molecule has 3 rings (SSSR count). The van der Waals surface area contributed by atoms with Crippen LogP contribution in [0.15, 0.2) is 79.4 Å². The van der Waals surface area contributed by atoms with E-state index in [0.717, 1.165) is 12.0 Å².